The Kier molecular flexibility index (Phi) is 6.32. The number of nitrogens with zero attached hydrogens (tertiary/aromatic N) is 1. The molecule has 0 unspecified atom stereocenters. The van der Waals surface area contributed by atoms with Crippen molar-refractivity contribution in [2.24, 2.45) is 5.73 Å². The van der Waals surface area contributed by atoms with E-state index in [1.165, 1.54) is 18.2 Å². The van der Waals surface area contributed by atoms with Gasteiger partial charge in [-0.3, -0.25) is 0 Å². The number of rotatable bonds is 4. The molecule has 0 aliphatic rings. The zero-order valence-electron chi connectivity index (χ0n) is 11.2. The third-order valence-corrected chi connectivity index (χ3v) is 3.20. The standard InChI is InChI=1S/C16H15FN2O.ClH/c17-14-7-6-12(9-13(14)10-18)16(19)15(20)8-11-4-2-1-3-5-11;/h1-7,9,15-16,20H,8,19H2;1H/t15-,16+;/m1./s1. The van der Waals surface area contributed by atoms with Gasteiger partial charge in [0.05, 0.1) is 17.7 Å². The second kappa shape index (κ2) is 7.75. The highest BCUT2D eigenvalue weighted by Crippen LogP contribution is 2.20. The van der Waals surface area contributed by atoms with Gasteiger partial charge in [0.2, 0.25) is 0 Å². The van der Waals surface area contributed by atoms with Crippen LogP contribution in [0.3, 0.4) is 0 Å². The van der Waals surface area contributed by atoms with Crippen molar-refractivity contribution in [3.05, 3.63) is 71.0 Å². The van der Waals surface area contributed by atoms with Crippen LogP contribution in [-0.4, -0.2) is 11.2 Å². The second-order valence-corrected chi connectivity index (χ2v) is 4.63. The monoisotopic (exact) mass is 306 g/mol. The van der Waals surface area contributed by atoms with Crippen molar-refractivity contribution in [2.45, 2.75) is 18.6 Å². The quantitative estimate of drug-likeness (QED) is 0.912. The number of nitriles is 1. The Balaban J connectivity index is 0.00000220. The number of hydrogen-bond donors (Lipinski definition) is 2. The van der Waals surface area contributed by atoms with E-state index >= 15 is 0 Å². The lowest BCUT2D eigenvalue weighted by Crippen LogP contribution is -2.28. The van der Waals surface area contributed by atoms with E-state index in [1.807, 2.05) is 30.3 Å². The van der Waals surface area contributed by atoms with Crippen molar-refractivity contribution in [1.29, 1.82) is 5.26 Å². The first kappa shape index (κ1) is 17.1. The number of hydrogen-bond acceptors (Lipinski definition) is 3. The molecule has 0 saturated carbocycles. The topological polar surface area (TPSA) is 70.0 Å². The zero-order valence-corrected chi connectivity index (χ0v) is 12.1. The summed E-state index contributed by atoms with van der Waals surface area (Å²) in [5, 5.41) is 19.0. The molecule has 21 heavy (non-hydrogen) atoms. The largest absolute Gasteiger partial charge is 0.391 e. The van der Waals surface area contributed by atoms with Gasteiger partial charge < -0.3 is 10.8 Å². The Morgan fingerprint density at radius 1 is 1.19 bits per heavy atom. The molecule has 0 spiro atoms. The van der Waals surface area contributed by atoms with Gasteiger partial charge in [0.25, 0.3) is 0 Å². The highest BCUT2D eigenvalue weighted by molar-refractivity contribution is 5.85. The van der Waals surface area contributed by atoms with Crippen LogP contribution in [0.1, 0.15) is 22.7 Å². The fourth-order valence-corrected chi connectivity index (χ4v) is 2.04. The summed E-state index contributed by atoms with van der Waals surface area (Å²) in [5.41, 5.74) is 7.43. The Morgan fingerprint density at radius 2 is 1.86 bits per heavy atom. The van der Waals surface area contributed by atoms with Crippen LogP contribution in [0.5, 0.6) is 0 Å². The SMILES string of the molecule is Cl.N#Cc1cc([C@H](N)[C@H](O)Cc2ccccc2)ccc1F. The summed E-state index contributed by atoms with van der Waals surface area (Å²) < 4.78 is 13.3. The lowest BCUT2D eigenvalue weighted by molar-refractivity contribution is 0.145. The van der Waals surface area contributed by atoms with Gasteiger partial charge in [0, 0.05) is 6.42 Å². The number of nitrogens with two attached hydrogens (primary N) is 1. The Bertz CT molecular complexity index is 628. The van der Waals surface area contributed by atoms with Gasteiger partial charge in [-0.05, 0) is 23.3 Å². The lowest BCUT2D eigenvalue weighted by atomic mass is 9.96. The summed E-state index contributed by atoms with van der Waals surface area (Å²) in [6.07, 6.45) is -0.393. The van der Waals surface area contributed by atoms with Gasteiger partial charge >= 0.3 is 0 Å². The molecule has 2 atom stereocenters. The van der Waals surface area contributed by atoms with Crippen molar-refractivity contribution in [3.63, 3.8) is 0 Å². The molecule has 110 valence electrons. The van der Waals surface area contributed by atoms with Gasteiger partial charge in [0.1, 0.15) is 11.9 Å². The van der Waals surface area contributed by atoms with E-state index in [0.717, 1.165) is 5.56 Å². The van der Waals surface area contributed by atoms with Crippen molar-refractivity contribution >= 4 is 12.4 Å². The number of aliphatic hydroxyl groups is 1. The fraction of sp³-hybridized carbons (Fsp3) is 0.188. The van der Waals surface area contributed by atoms with Crippen LogP contribution in [0.4, 0.5) is 4.39 Å². The van der Waals surface area contributed by atoms with E-state index in [1.54, 1.807) is 6.07 Å². The molecule has 3 N–H and O–H groups in total. The molecule has 0 fully saturated rings. The first-order valence-corrected chi connectivity index (χ1v) is 6.29. The molecule has 0 saturated heterocycles. The molecule has 0 aliphatic carbocycles. The summed E-state index contributed by atoms with van der Waals surface area (Å²) in [5.74, 6) is -0.582. The number of aliphatic hydroxyl groups excluding tert-OH is 1. The predicted molar refractivity (Wildman–Crippen MR) is 81.4 cm³/mol. The van der Waals surface area contributed by atoms with E-state index < -0.39 is 18.0 Å². The van der Waals surface area contributed by atoms with E-state index in [0.29, 0.717) is 12.0 Å². The minimum Gasteiger partial charge on any atom is -0.391 e. The van der Waals surface area contributed by atoms with Crippen molar-refractivity contribution in [1.82, 2.24) is 0 Å². The normalized spacial score (nSPS) is 12.9. The molecule has 2 rings (SSSR count). The van der Waals surface area contributed by atoms with Crippen molar-refractivity contribution in [2.75, 3.05) is 0 Å². The molecule has 2 aromatic carbocycles. The summed E-state index contributed by atoms with van der Waals surface area (Å²) in [6, 6.07) is 14.7. The van der Waals surface area contributed by atoms with Crippen LogP contribution in [0.15, 0.2) is 48.5 Å². The highest BCUT2D eigenvalue weighted by atomic mass is 35.5. The van der Waals surface area contributed by atoms with E-state index in [2.05, 4.69) is 0 Å². The molecule has 0 radical (unpaired) electrons. The minimum atomic E-state index is -0.797. The molecule has 0 aromatic heterocycles. The maximum Gasteiger partial charge on any atom is 0.140 e. The van der Waals surface area contributed by atoms with Crippen molar-refractivity contribution < 1.29 is 9.50 Å². The van der Waals surface area contributed by atoms with Crippen LogP contribution < -0.4 is 5.73 Å². The number of benzene rings is 2. The average Bonchev–Trinajstić information content (AvgIpc) is 2.48. The van der Waals surface area contributed by atoms with Crippen LogP contribution in [0.25, 0.3) is 0 Å². The first-order chi connectivity index (χ1) is 9.61. The van der Waals surface area contributed by atoms with Crippen molar-refractivity contribution in [3.8, 4) is 6.07 Å². The third kappa shape index (κ3) is 4.27. The third-order valence-electron chi connectivity index (χ3n) is 3.20. The molecule has 0 aliphatic heterocycles. The second-order valence-electron chi connectivity index (χ2n) is 4.63. The van der Waals surface area contributed by atoms with Gasteiger partial charge in [-0.15, -0.1) is 12.4 Å². The maximum atomic E-state index is 13.3. The van der Waals surface area contributed by atoms with E-state index in [9.17, 15) is 9.50 Å². The molecular weight excluding hydrogens is 291 g/mol. The van der Waals surface area contributed by atoms with Gasteiger partial charge in [-0.1, -0.05) is 36.4 Å². The molecular formula is C16H16ClFN2O. The maximum absolute atomic E-state index is 13.3. The van der Waals surface area contributed by atoms with Crippen LogP contribution in [0, 0.1) is 17.1 Å². The van der Waals surface area contributed by atoms with Crippen LogP contribution >= 0.6 is 12.4 Å². The summed E-state index contributed by atoms with van der Waals surface area (Å²) in [6.45, 7) is 0. The Labute approximate surface area is 129 Å². The molecule has 0 amide bonds. The van der Waals surface area contributed by atoms with Gasteiger partial charge in [-0.2, -0.15) is 5.26 Å². The minimum absolute atomic E-state index is 0. The van der Waals surface area contributed by atoms with Gasteiger partial charge in [-0.25, -0.2) is 4.39 Å². The van der Waals surface area contributed by atoms with Crippen LogP contribution in [-0.2, 0) is 6.42 Å². The smallest absolute Gasteiger partial charge is 0.140 e. The Hall–Kier alpha value is -1.93. The van der Waals surface area contributed by atoms with E-state index in [4.69, 9.17) is 11.0 Å². The molecule has 2 aromatic rings. The summed E-state index contributed by atoms with van der Waals surface area (Å²) in [7, 11) is 0. The van der Waals surface area contributed by atoms with Gasteiger partial charge in [0.15, 0.2) is 0 Å². The fourth-order valence-electron chi connectivity index (χ4n) is 2.04. The lowest BCUT2D eigenvalue weighted by Gasteiger charge is -2.19. The summed E-state index contributed by atoms with van der Waals surface area (Å²) in [4.78, 5) is 0. The molecule has 5 heteroatoms. The molecule has 0 heterocycles. The first-order valence-electron chi connectivity index (χ1n) is 6.29. The van der Waals surface area contributed by atoms with Crippen LogP contribution in [0.2, 0.25) is 0 Å². The zero-order chi connectivity index (χ0) is 14.5. The molecule has 3 nitrogen and oxygen atoms in total. The average molecular weight is 307 g/mol. The van der Waals surface area contributed by atoms with E-state index in [-0.39, 0.29) is 18.0 Å². The molecule has 0 bridgehead atoms. The predicted octanol–water partition coefficient (Wildman–Crippen LogP) is 2.72. The Morgan fingerprint density at radius 3 is 2.48 bits per heavy atom. The number of halogens is 2. The highest BCUT2D eigenvalue weighted by Gasteiger charge is 2.18. The summed E-state index contributed by atoms with van der Waals surface area (Å²) >= 11 is 0.